The number of carbonyl (C=O) groups is 1. The van der Waals surface area contributed by atoms with Crippen LogP contribution in [-0.4, -0.2) is 28.5 Å². The van der Waals surface area contributed by atoms with Crippen molar-refractivity contribution in [2.24, 2.45) is 0 Å². The smallest absolute Gasteiger partial charge is 0.270 e. The molecule has 0 atom stereocenters. The fourth-order valence-corrected chi connectivity index (χ4v) is 3.35. The molecule has 1 aromatic carbocycles. The third-order valence-corrected chi connectivity index (χ3v) is 4.69. The third-order valence-electron chi connectivity index (χ3n) is 4.69. The van der Waals surface area contributed by atoms with E-state index in [9.17, 15) is 4.79 Å². The van der Waals surface area contributed by atoms with Crippen molar-refractivity contribution in [3.63, 3.8) is 0 Å². The van der Waals surface area contributed by atoms with E-state index in [0.717, 1.165) is 25.1 Å². The molecule has 0 saturated heterocycles. The summed E-state index contributed by atoms with van der Waals surface area (Å²) < 4.78 is 0. The lowest BCUT2D eigenvalue weighted by Gasteiger charge is -2.23. The zero-order valence-electron chi connectivity index (χ0n) is 15.0. The molecule has 1 aliphatic rings. The summed E-state index contributed by atoms with van der Waals surface area (Å²) in [5.74, 6) is 0.459. The van der Waals surface area contributed by atoms with Crippen LogP contribution in [0.3, 0.4) is 0 Å². The Labute approximate surface area is 149 Å². The van der Waals surface area contributed by atoms with Gasteiger partial charge in [-0.1, -0.05) is 31.4 Å². The Bertz CT molecular complexity index is 725. The molecule has 0 aliphatic heterocycles. The highest BCUT2D eigenvalue weighted by Crippen LogP contribution is 2.23. The normalized spacial score (nSPS) is 15.0. The lowest BCUT2D eigenvalue weighted by molar-refractivity contribution is 0.0922. The van der Waals surface area contributed by atoms with Gasteiger partial charge in [-0.25, -0.2) is 9.97 Å². The molecular weight excluding hydrogens is 312 g/mol. The van der Waals surface area contributed by atoms with Gasteiger partial charge in [0, 0.05) is 24.5 Å². The molecule has 1 aromatic heterocycles. The fraction of sp³-hybridized carbons (Fsp3) is 0.450. The molecule has 0 radical (unpaired) electrons. The van der Waals surface area contributed by atoms with Crippen molar-refractivity contribution in [1.82, 2.24) is 15.3 Å². The predicted molar refractivity (Wildman–Crippen MR) is 100 cm³/mol. The van der Waals surface area contributed by atoms with E-state index in [2.05, 4.69) is 41.3 Å². The number of aromatic nitrogens is 2. The third kappa shape index (κ3) is 4.35. The van der Waals surface area contributed by atoms with Gasteiger partial charge in [-0.05, 0) is 50.5 Å². The number of nitrogens with one attached hydrogen (secondary N) is 1. The molecule has 0 unspecified atom stereocenters. The van der Waals surface area contributed by atoms with Crippen LogP contribution in [0.2, 0.25) is 0 Å². The molecule has 1 amide bonds. The number of nitrogens with zero attached hydrogens (tertiary/aromatic N) is 3. The summed E-state index contributed by atoms with van der Waals surface area (Å²) in [6.07, 6.45) is 7.44. The van der Waals surface area contributed by atoms with Gasteiger partial charge in [-0.3, -0.25) is 4.79 Å². The summed E-state index contributed by atoms with van der Waals surface area (Å²) in [6, 6.07) is 10.2. The summed E-state index contributed by atoms with van der Waals surface area (Å²) in [5, 5.41) is 3.12. The van der Waals surface area contributed by atoms with E-state index in [1.807, 2.05) is 17.0 Å². The Morgan fingerprint density at radius 2 is 2.04 bits per heavy atom. The van der Waals surface area contributed by atoms with E-state index < -0.39 is 0 Å². The van der Waals surface area contributed by atoms with Crippen molar-refractivity contribution >= 4 is 17.5 Å². The van der Waals surface area contributed by atoms with Crippen LogP contribution in [0.1, 0.15) is 55.1 Å². The van der Waals surface area contributed by atoms with Crippen LogP contribution in [0.4, 0.5) is 11.6 Å². The summed E-state index contributed by atoms with van der Waals surface area (Å²) in [5.41, 5.74) is 2.65. The molecular formula is C20H26N4O. The molecule has 1 saturated carbocycles. The predicted octanol–water partition coefficient (Wildman–Crippen LogP) is 4.01. The number of aryl methyl sites for hydroxylation is 1. The summed E-state index contributed by atoms with van der Waals surface area (Å²) in [7, 11) is 0. The molecule has 5 nitrogen and oxygen atoms in total. The van der Waals surface area contributed by atoms with E-state index in [1.165, 1.54) is 24.8 Å². The second-order valence-corrected chi connectivity index (χ2v) is 6.63. The van der Waals surface area contributed by atoms with Gasteiger partial charge in [0.05, 0.1) is 0 Å². The Kier molecular flexibility index (Phi) is 5.64. The van der Waals surface area contributed by atoms with E-state index in [0.29, 0.717) is 11.6 Å². The Balaban J connectivity index is 1.78. The highest BCUT2D eigenvalue weighted by atomic mass is 16.1. The molecule has 3 rings (SSSR count). The number of amides is 1. The molecule has 1 heterocycles. The monoisotopic (exact) mass is 338 g/mol. The van der Waals surface area contributed by atoms with E-state index in [1.54, 1.807) is 12.3 Å². The van der Waals surface area contributed by atoms with Crippen LogP contribution >= 0.6 is 0 Å². The highest BCUT2D eigenvalue weighted by Gasteiger charge is 2.19. The fourth-order valence-electron chi connectivity index (χ4n) is 3.35. The van der Waals surface area contributed by atoms with Gasteiger partial charge < -0.3 is 10.2 Å². The summed E-state index contributed by atoms with van der Waals surface area (Å²) in [6.45, 7) is 4.85. The number of carbonyl (C=O) groups excluding carboxylic acids is 1. The van der Waals surface area contributed by atoms with Crippen molar-refractivity contribution in [3.8, 4) is 0 Å². The standard InChI is InChI=1S/C20H26N4O/c1-3-24(17-11-7-8-15(2)14-17)20-21-13-12-18(23-20)19(25)22-16-9-5-4-6-10-16/h7-8,11-14,16H,3-6,9-10H2,1-2H3,(H,22,25). The molecule has 2 aromatic rings. The second kappa shape index (κ2) is 8.10. The van der Waals surface area contributed by atoms with Crippen molar-refractivity contribution < 1.29 is 4.79 Å². The highest BCUT2D eigenvalue weighted by molar-refractivity contribution is 5.92. The molecule has 1 fully saturated rings. The van der Waals surface area contributed by atoms with Crippen molar-refractivity contribution in [3.05, 3.63) is 47.8 Å². The van der Waals surface area contributed by atoms with Gasteiger partial charge in [0.2, 0.25) is 5.95 Å². The van der Waals surface area contributed by atoms with Gasteiger partial charge in [-0.15, -0.1) is 0 Å². The second-order valence-electron chi connectivity index (χ2n) is 6.63. The van der Waals surface area contributed by atoms with Crippen LogP contribution in [0, 0.1) is 6.92 Å². The zero-order chi connectivity index (χ0) is 17.6. The zero-order valence-corrected chi connectivity index (χ0v) is 15.0. The molecule has 1 aliphatic carbocycles. The molecule has 5 heteroatoms. The van der Waals surface area contributed by atoms with Gasteiger partial charge in [0.1, 0.15) is 5.69 Å². The molecule has 0 bridgehead atoms. The van der Waals surface area contributed by atoms with Crippen LogP contribution in [0.25, 0.3) is 0 Å². The first kappa shape index (κ1) is 17.4. The van der Waals surface area contributed by atoms with E-state index >= 15 is 0 Å². The maximum absolute atomic E-state index is 12.5. The SMILES string of the molecule is CCN(c1cccc(C)c1)c1nccc(C(=O)NC2CCCCC2)n1. The van der Waals surface area contributed by atoms with Crippen molar-refractivity contribution in [2.45, 2.75) is 52.0 Å². The molecule has 1 N–H and O–H groups in total. The van der Waals surface area contributed by atoms with Gasteiger partial charge in [-0.2, -0.15) is 0 Å². The molecule has 132 valence electrons. The molecule has 0 spiro atoms. The first-order valence-corrected chi connectivity index (χ1v) is 9.15. The first-order valence-electron chi connectivity index (χ1n) is 9.15. The summed E-state index contributed by atoms with van der Waals surface area (Å²) in [4.78, 5) is 23.5. The topological polar surface area (TPSA) is 58.1 Å². The first-order chi connectivity index (χ1) is 12.2. The largest absolute Gasteiger partial charge is 0.348 e. The number of hydrogen-bond acceptors (Lipinski definition) is 4. The minimum atomic E-state index is -0.101. The maximum Gasteiger partial charge on any atom is 0.270 e. The lowest BCUT2D eigenvalue weighted by Crippen LogP contribution is -2.36. The quantitative estimate of drug-likeness (QED) is 0.895. The van der Waals surface area contributed by atoms with Crippen molar-refractivity contribution in [2.75, 3.05) is 11.4 Å². The van der Waals surface area contributed by atoms with Gasteiger partial charge in [0.15, 0.2) is 0 Å². The minimum absolute atomic E-state index is 0.101. The van der Waals surface area contributed by atoms with Crippen LogP contribution in [0.15, 0.2) is 36.5 Å². The number of benzene rings is 1. The average Bonchev–Trinajstić information content (AvgIpc) is 2.63. The van der Waals surface area contributed by atoms with E-state index in [4.69, 9.17) is 0 Å². The van der Waals surface area contributed by atoms with E-state index in [-0.39, 0.29) is 11.9 Å². The average molecular weight is 338 g/mol. The minimum Gasteiger partial charge on any atom is -0.348 e. The lowest BCUT2D eigenvalue weighted by atomic mass is 9.95. The van der Waals surface area contributed by atoms with Crippen LogP contribution < -0.4 is 10.2 Å². The van der Waals surface area contributed by atoms with Crippen LogP contribution in [-0.2, 0) is 0 Å². The number of anilines is 2. The molecule has 25 heavy (non-hydrogen) atoms. The van der Waals surface area contributed by atoms with Gasteiger partial charge in [0.25, 0.3) is 5.91 Å². The Hall–Kier alpha value is -2.43. The number of hydrogen-bond donors (Lipinski definition) is 1. The van der Waals surface area contributed by atoms with Crippen LogP contribution in [0.5, 0.6) is 0 Å². The van der Waals surface area contributed by atoms with Crippen molar-refractivity contribution in [1.29, 1.82) is 0 Å². The maximum atomic E-state index is 12.5. The Morgan fingerprint density at radius 1 is 1.24 bits per heavy atom. The number of rotatable bonds is 5. The van der Waals surface area contributed by atoms with Gasteiger partial charge >= 0.3 is 0 Å². The Morgan fingerprint density at radius 3 is 2.76 bits per heavy atom. The summed E-state index contributed by atoms with van der Waals surface area (Å²) >= 11 is 0.